The van der Waals surface area contributed by atoms with Crippen LogP contribution in [0.15, 0.2) is 72.8 Å². The molecule has 1 heterocycles. The molecule has 3 aromatic carbocycles. The third-order valence-corrected chi connectivity index (χ3v) is 5.90. The molecule has 1 N–H and O–H groups in total. The van der Waals surface area contributed by atoms with Crippen molar-refractivity contribution in [2.45, 2.75) is 25.6 Å². The van der Waals surface area contributed by atoms with Crippen LogP contribution in [-0.2, 0) is 11.0 Å². The largest absolute Gasteiger partial charge is 0.442 e. The number of halogens is 2. The first-order valence-corrected chi connectivity index (χ1v) is 11.2. The van der Waals surface area contributed by atoms with Gasteiger partial charge in [-0.05, 0) is 48.7 Å². The summed E-state index contributed by atoms with van der Waals surface area (Å²) >= 11 is 0. The van der Waals surface area contributed by atoms with Crippen LogP contribution < -0.4 is 4.52 Å². The minimum absolute atomic E-state index is 0.0896. The molecule has 0 spiro atoms. The van der Waals surface area contributed by atoms with Gasteiger partial charge >= 0.3 is 13.8 Å². The lowest BCUT2D eigenvalue weighted by Gasteiger charge is -2.19. The smallest absolute Gasteiger partial charge is 0.421 e. The highest BCUT2D eigenvalue weighted by atomic mass is 31.2. The van der Waals surface area contributed by atoms with Crippen LogP contribution in [0.5, 0.6) is 5.75 Å². The number of benzene rings is 3. The maximum atomic E-state index is 12.6. The normalized spacial score (nSPS) is 14.5. The minimum Gasteiger partial charge on any atom is -0.421 e. The van der Waals surface area contributed by atoms with E-state index in [1.54, 1.807) is 12.1 Å². The third kappa shape index (κ3) is 4.65. The average molecular weight is 443 g/mol. The van der Waals surface area contributed by atoms with E-state index in [0.29, 0.717) is 6.42 Å². The highest BCUT2D eigenvalue weighted by molar-refractivity contribution is 7.53. The summed E-state index contributed by atoms with van der Waals surface area (Å²) in [6.45, 7) is 2.02. The molecule has 9 heteroatoms. The molecule has 31 heavy (non-hydrogen) atoms. The standard InChI is InChI=1S/C22H20F2N3O3P/c1-15-5-4-6-17(13-15)21(27-20-8-3-2-7-19(20)25-26-27)14-16-9-11-18(12-10-16)30-31(28,29)22(23)24/h2-13,21-22H,14H2,1H3,(H,28,29). The van der Waals surface area contributed by atoms with Crippen molar-refractivity contribution in [1.29, 1.82) is 0 Å². The number of alkyl halides is 2. The molecular formula is C22H20F2N3O3P. The molecule has 0 aliphatic rings. The molecule has 160 valence electrons. The van der Waals surface area contributed by atoms with Crippen molar-refractivity contribution in [2.24, 2.45) is 0 Å². The lowest BCUT2D eigenvalue weighted by atomic mass is 9.97. The molecular weight excluding hydrogens is 423 g/mol. The van der Waals surface area contributed by atoms with Gasteiger partial charge in [-0.3, -0.25) is 0 Å². The predicted molar refractivity (Wildman–Crippen MR) is 113 cm³/mol. The molecule has 1 aromatic heterocycles. The zero-order valence-corrected chi connectivity index (χ0v) is 17.5. The molecule has 0 bridgehead atoms. The fourth-order valence-electron chi connectivity index (χ4n) is 3.44. The van der Waals surface area contributed by atoms with Crippen molar-refractivity contribution in [3.8, 4) is 5.75 Å². The molecule has 2 unspecified atom stereocenters. The predicted octanol–water partition coefficient (Wildman–Crippen LogP) is 5.36. The second-order valence-electron chi connectivity index (χ2n) is 7.23. The molecule has 0 fully saturated rings. The van der Waals surface area contributed by atoms with Gasteiger partial charge in [-0.2, -0.15) is 8.78 Å². The molecule has 0 aliphatic heterocycles. The fourth-order valence-corrected chi connectivity index (χ4v) is 3.94. The summed E-state index contributed by atoms with van der Waals surface area (Å²) in [5, 5.41) is 8.64. The lowest BCUT2D eigenvalue weighted by Crippen LogP contribution is -2.15. The van der Waals surface area contributed by atoms with Crippen LogP contribution in [0.3, 0.4) is 0 Å². The first-order valence-electron chi connectivity index (χ1n) is 9.59. The Bertz CT molecular complexity index is 1240. The van der Waals surface area contributed by atoms with Crippen molar-refractivity contribution in [3.63, 3.8) is 0 Å². The molecule has 4 aromatic rings. The van der Waals surface area contributed by atoms with Gasteiger partial charge in [0.05, 0.1) is 11.6 Å². The van der Waals surface area contributed by atoms with Gasteiger partial charge in [-0.25, -0.2) is 9.25 Å². The van der Waals surface area contributed by atoms with Gasteiger partial charge in [-0.15, -0.1) is 5.10 Å². The topological polar surface area (TPSA) is 77.2 Å². The van der Waals surface area contributed by atoms with E-state index in [1.165, 1.54) is 12.1 Å². The Balaban J connectivity index is 1.66. The van der Waals surface area contributed by atoms with E-state index in [9.17, 15) is 18.2 Å². The number of hydrogen-bond acceptors (Lipinski definition) is 4. The maximum absolute atomic E-state index is 12.6. The molecule has 6 nitrogen and oxygen atoms in total. The van der Waals surface area contributed by atoms with Gasteiger partial charge in [0.2, 0.25) is 0 Å². The zero-order valence-electron chi connectivity index (χ0n) is 16.6. The van der Waals surface area contributed by atoms with Crippen molar-refractivity contribution in [2.75, 3.05) is 0 Å². The van der Waals surface area contributed by atoms with Crippen LogP contribution in [0.4, 0.5) is 8.78 Å². The first-order chi connectivity index (χ1) is 14.8. The molecule has 2 atom stereocenters. The van der Waals surface area contributed by atoms with E-state index in [1.807, 2.05) is 54.1 Å². The first kappa shape index (κ1) is 21.2. The van der Waals surface area contributed by atoms with Gasteiger partial charge in [0.15, 0.2) is 0 Å². The van der Waals surface area contributed by atoms with Crippen LogP contribution in [0.1, 0.15) is 22.7 Å². The number of rotatable bonds is 7. The summed E-state index contributed by atoms with van der Waals surface area (Å²) in [6, 6.07) is 21.8. The monoisotopic (exact) mass is 443 g/mol. The Morgan fingerprint density at radius 3 is 2.52 bits per heavy atom. The van der Waals surface area contributed by atoms with E-state index in [0.717, 1.165) is 27.7 Å². The van der Waals surface area contributed by atoms with Crippen molar-refractivity contribution in [1.82, 2.24) is 15.0 Å². The van der Waals surface area contributed by atoms with Crippen LogP contribution in [0, 0.1) is 6.92 Å². The lowest BCUT2D eigenvalue weighted by molar-refractivity contribution is 0.188. The SMILES string of the molecule is Cc1cccc(C(Cc2ccc(OP(=O)(O)C(F)F)cc2)n2nnc3ccccc32)c1. The van der Waals surface area contributed by atoms with Crippen molar-refractivity contribution in [3.05, 3.63) is 89.5 Å². The Kier molecular flexibility index (Phi) is 5.85. The van der Waals surface area contributed by atoms with Crippen molar-refractivity contribution >= 4 is 18.6 Å². The summed E-state index contributed by atoms with van der Waals surface area (Å²) in [5.74, 6) is -0.0896. The zero-order chi connectivity index (χ0) is 22.0. The number of para-hydroxylation sites is 1. The van der Waals surface area contributed by atoms with E-state index < -0.39 is 13.8 Å². The Morgan fingerprint density at radius 2 is 1.81 bits per heavy atom. The van der Waals surface area contributed by atoms with Gasteiger partial charge < -0.3 is 9.42 Å². The quantitative estimate of drug-likeness (QED) is 0.389. The van der Waals surface area contributed by atoms with Crippen LogP contribution in [-0.4, -0.2) is 26.1 Å². The van der Waals surface area contributed by atoms with Crippen LogP contribution in [0.25, 0.3) is 11.0 Å². The summed E-state index contributed by atoms with van der Waals surface area (Å²) < 4.78 is 43.1. The molecule has 0 aliphatic carbocycles. The minimum atomic E-state index is -5.01. The Labute approximate surface area is 177 Å². The second kappa shape index (κ2) is 8.57. The van der Waals surface area contributed by atoms with E-state index in [4.69, 9.17) is 0 Å². The number of fused-ring (bicyclic) bond motifs is 1. The number of nitrogens with zero attached hydrogens (tertiary/aromatic N) is 3. The second-order valence-corrected chi connectivity index (χ2v) is 8.93. The van der Waals surface area contributed by atoms with E-state index in [-0.39, 0.29) is 11.8 Å². The van der Waals surface area contributed by atoms with Gasteiger partial charge in [0.1, 0.15) is 11.3 Å². The number of aromatic nitrogens is 3. The number of hydrogen-bond donors (Lipinski definition) is 1. The molecule has 0 radical (unpaired) electrons. The highest BCUT2D eigenvalue weighted by Crippen LogP contribution is 2.49. The summed E-state index contributed by atoms with van der Waals surface area (Å²) in [4.78, 5) is 9.22. The summed E-state index contributed by atoms with van der Waals surface area (Å²) in [7, 11) is -5.01. The Morgan fingerprint density at radius 1 is 1.06 bits per heavy atom. The Hall–Kier alpha value is -3.09. The molecule has 0 amide bonds. The molecule has 0 saturated heterocycles. The van der Waals surface area contributed by atoms with Crippen LogP contribution in [0.2, 0.25) is 0 Å². The van der Waals surface area contributed by atoms with Crippen LogP contribution >= 0.6 is 7.60 Å². The van der Waals surface area contributed by atoms with Gasteiger partial charge in [0, 0.05) is 0 Å². The van der Waals surface area contributed by atoms with E-state index >= 15 is 0 Å². The van der Waals surface area contributed by atoms with Gasteiger partial charge in [-0.1, -0.05) is 59.3 Å². The maximum Gasteiger partial charge on any atom is 0.442 e. The van der Waals surface area contributed by atoms with Crippen molar-refractivity contribution < 1.29 is 22.8 Å². The summed E-state index contributed by atoms with van der Waals surface area (Å²) in [5.41, 5.74) is 4.72. The number of aryl methyl sites for hydroxylation is 1. The molecule has 4 rings (SSSR count). The average Bonchev–Trinajstić information content (AvgIpc) is 3.17. The fraction of sp³-hybridized carbons (Fsp3) is 0.182. The highest BCUT2D eigenvalue weighted by Gasteiger charge is 2.34. The van der Waals surface area contributed by atoms with Gasteiger partial charge in [0.25, 0.3) is 0 Å². The third-order valence-electron chi connectivity index (χ3n) is 4.93. The summed E-state index contributed by atoms with van der Waals surface area (Å²) in [6.07, 6.45) is -2.92. The molecule has 0 saturated carbocycles. The van der Waals surface area contributed by atoms with E-state index in [2.05, 4.69) is 20.9 Å².